The molecule has 7 rings (SSSR count). The summed E-state index contributed by atoms with van der Waals surface area (Å²) in [4.78, 5) is 58.7. The Hall–Kier alpha value is -6.37. The molecule has 0 saturated carbocycles. The van der Waals surface area contributed by atoms with Gasteiger partial charge in [-0.25, -0.2) is 15.0 Å². The number of nitrogens with zero attached hydrogens (tertiary/aromatic N) is 3. The normalized spacial score (nSPS) is 19.7. The van der Waals surface area contributed by atoms with Crippen molar-refractivity contribution < 1.29 is 23.9 Å². The van der Waals surface area contributed by atoms with Crippen molar-refractivity contribution in [1.82, 2.24) is 16.0 Å². The molecule has 83 heavy (non-hydrogen) atoms. The van der Waals surface area contributed by atoms with Gasteiger partial charge < -0.3 is 25.4 Å². The third-order valence-electron chi connectivity index (χ3n) is 17.1. The largest absolute Gasteiger partial charge is 2.00 e. The van der Waals surface area contributed by atoms with Crippen molar-refractivity contribution >= 4 is 58.0 Å². The van der Waals surface area contributed by atoms with Crippen LogP contribution in [0.5, 0.6) is 0 Å². The molecule has 8 bridgehead atoms. The van der Waals surface area contributed by atoms with E-state index in [1.807, 2.05) is 99.8 Å². The fourth-order valence-corrected chi connectivity index (χ4v) is 11.8. The van der Waals surface area contributed by atoms with Gasteiger partial charge in [0, 0.05) is 58.6 Å². The fourth-order valence-electron chi connectivity index (χ4n) is 11.8. The summed E-state index contributed by atoms with van der Waals surface area (Å²) in [5.41, 5.74) is 13.9. The second-order valence-corrected chi connectivity index (χ2v) is 23.8. The number of carbonyl (C=O) groups excluding carboxylic acids is 3. The Morgan fingerprint density at radius 1 is 0.747 bits per heavy atom. The smallest absolute Gasteiger partial charge is 0.469 e. The molecule has 0 aliphatic carbocycles. The summed E-state index contributed by atoms with van der Waals surface area (Å²) in [5, 5.41) is 10.7. The van der Waals surface area contributed by atoms with Crippen molar-refractivity contribution in [2.45, 2.75) is 172 Å². The molecule has 11 nitrogen and oxygen atoms in total. The summed E-state index contributed by atoms with van der Waals surface area (Å²) in [7, 11) is 1.37. The van der Waals surface area contributed by atoms with E-state index in [9.17, 15) is 9.59 Å². The number of esters is 2. The average molecular weight is 1130 g/mol. The Balaban J connectivity index is 0.0000111. The van der Waals surface area contributed by atoms with Crippen LogP contribution in [0.3, 0.4) is 0 Å². The molecule has 3 N–H and O–H groups in total. The van der Waals surface area contributed by atoms with Crippen LogP contribution in [-0.2, 0) is 23.9 Å². The molecule has 0 spiro atoms. The van der Waals surface area contributed by atoms with E-state index in [-0.39, 0.29) is 78.3 Å². The van der Waals surface area contributed by atoms with Crippen LogP contribution >= 0.6 is 0 Å². The minimum atomic E-state index is -0.497. The number of ether oxygens (including phenoxy) is 2. The van der Waals surface area contributed by atoms with Gasteiger partial charge in [0.25, 0.3) is 5.91 Å². The number of allylic oxidation sites excluding steroid dienone is 11. The van der Waals surface area contributed by atoms with Gasteiger partial charge in [-0.15, -0.1) is 0 Å². The molecule has 2 aromatic rings. The summed E-state index contributed by atoms with van der Waals surface area (Å²) in [6.07, 6.45) is 24.1. The van der Waals surface area contributed by atoms with Gasteiger partial charge in [-0.1, -0.05) is 165 Å². The van der Waals surface area contributed by atoms with Crippen LogP contribution in [0, 0.1) is 29.6 Å². The minimum Gasteiger partial charge on any atom is -0.469 e. The molecule has 5 aliphatic heterocycles. The Bertz CT molecular complexity index is 3090. The van der Waals surface area contributed by atoms with Gasteiger partial charge >= 0.3 is 35.0 Å². The van der Waals surface area contributed by atoms with Gasteiger partial charge in [0.05, 0.1) is 59.4 Å². The van der Waals surface area contributed by atoms with Crippen molar-refractivity contribution in [3.63, 3.8) is 0 Å². The number of amides is 1. The summed E-state index contributed by atoms with van der Waals surface area (Å²) < 4.78 is 11.3. The number of benzene rings is 2. The van der Waals surface area contributed by atoms with Crippen LogP contribution in [0.2, 0.25) is 0 Å². The van der Waals surface area contributed by atoms with Crippen molar-refractivity contribution in [3.8, 4) is 0 Å². The number of carbonyl (C=O) groups is 3. The number of fused-ring (bicyclic) bond motifs is 5. The maximum atomic E-state index is 15.1. The van der Waals surface area contributed by atoms with E-state index in [1.54, 1.807) is 0 Å². The average Bonchev–Trinajstić information content (AvgIpc) is 3.88. The molecular weight excluding hydrogens is 1040 g/mol. The van der Waals surface area contributed by atoms with E-state index in [2.05, 4.69) is 96.1 Å². The zero-order valence-electron chi connectivity index (χ0n) is 52.0. The third kappa shape index (κ3) is 17.4. The summed E-state index contributed by atoms with van der Waals surface area (Å²) in [5.74, 6) is 0.642. The van der Waals surface area contributed by atoms with Gasteiger partial charge in [0.15, 0.2) is 0 Å². The predicted molar refractivity (Wildman–Crippen MR) is 342 cm³/mol. The van der Waals surface area contributed by atoms with E-state index in [1.165, 1.54) is 57.6 Å². The molecule has 6 unspecified atom stereocenters. The van der Waals surface area contributed by atoms with Gasteiger partial charge in [-0.05, 0) is 130 Å². The van der Waals surface area contributed by atoms with Crippen LogP contribution in [0.15, 0.2) is 192 Å². The Labute approximate surface area is 512 Å². The van der Waals surface area contributed by atoms with E-state index >= 15 is 4.79 Å². The van der Waals surface area contributed by atoms with E-state index in [0.29, 0.717) is 58.3 Å². The topological polar surface area (TPSA) is 143 Å². The van der Waals surface area contributed by atoms with Crippen molar-refractivity contribution in [2.75, 3.05) is 13.7 Å². The molecule has 1 amide bonds. The molecule has 5 aliphatic rings. The van der Waals surface area contributed by atoms with Crippen molar-refractivity contribution in [1.29, 1.82) is 0 Å². The SMILES string of the molecule is C=CC1=C(C)C2=NC1=CC1=NC(=C(CC)/C1=C\NC(C)c1ccccc1)C=C1N=C(C(CC(=O)OC)=C3NC(=C2)C(C)C3CCC(=O)OC/C=C(\C)CCCC(C)CCCC(C)CCCC(C)C)C(C(=O)NC(C)c2ccccc2)=C1C.[Mg+2]. The van der Waals surface area contributed by atoms with Gasteiger partial charge in [0.1, 0.15) is 6.61 Å². The first-order valence-corrected chi connectivity index (χ1v) is 30.4. The zero-order chi connectivity index (χ0) is 59.0. The standard InChI is InChI=1S/C71H92N6O5.Mg/c1-14-55-48(8)60-40-61-49(9)57(35-36-66(78)82-38-37-47(7)30-24-29-46(6)28-23-27-45(5)26-22-25-44(3)4)69(76-61)58(39-67(79)81-13)70-68(71(80)73-52(12)54-33-20-17-21-34-54)50(10)62(77-70)41-64-56(15-2)59(65(75-64)42-63(55)74-60)43-72-51(11)53-31-18-16-19-32-53;/h14,16-21,31-34,37,40-46,49,51-52,57,72,76H,1,15,22-30,35-36,38-39H2,2-13H3,(H,73,80);/q;+2/b47-37+,59-43+,61-40?,62-41?,63-42?,69-58?;. The number of rotatable bonds is 27. The second kappa shape index (κ2) is 31.5. The zero-order valence-corrected chi connectivity index (χ0v) is 53.4. The maximum Gasteiger partial charge on any atom is 2.00 e. The molecule has 5 heterocycles. The number of aliphatic imine (C=N–C) groups is 3. The number of hydrogen-bond acceptors (Lipinski definition) is 10. The van der Waals surface area contributed by atoms with Crippen LogP contribution in [0.4, 0.5) is 0 Å². The maximum absolute atomic E-state index is 15.1. The molecule has 2 aromatic carbocycles. The Kier molecular flexibility index (Phi) is 25.0. The van der Waals surface area contributed by atoms with Crippen LogP contribution in [0.1, 0.15) is 183 Å². The minimum absolute atomic E-state index is 0. The molecule has 436 valence electrons. The molecule has 0 radical (unpaired) electrons. The molecule has 12 heteroatoms. The van der Waals surface area contributed by atoms with Crippen LogP contribution < -0.4 is 16.0 Å². The monoisotopic (exact) mass is 1130 g/mol. The van der Waals surface area contributed by atoms with Crippen LogP contribution in [-0.4, -0.2) is 71.8 Å². The predicted octanol–water partition coefficient (Wildman–Crippen LogP) is 15.6. The summed E-state index contributed by atoms with van der Waals surface area (Å²) >= 11 is 0. The quantitative estimate of drug-likeness (QED) is 0.0459. The van der Waals surface area contributed by atoms with E-state index in [4.69, 9.17) is 24.5 Å². The molecule has 1 saturated heterocycles. The van der Waals surface area contributed by atoms with Gasteiger partial charge in [-0.2, -0.15) is 0 Å². The Morgan fingerprint density at radius 2 is 1.39 bits per heavy atom. The van der Waals surface area contributed by atoms with E-state index < -0.39 is 5.97 Å². The fraction of sp³-hybridized carbons (Fsp3) is 0.465. The van der Waals surface area contributed by atoms with Crippen molar-refractivity contribution in [3.05, 3.63) is 188 Å². The Morgan fingerprint density at radius 3 is 2.01 bits per heavy atom. The first-order valence-electron chi connectivity index (χ1n) is 30.4. The first-order chi connectivity index (χ1) is 39.4. The first kappa shape index (κ1) is 65.8. The number of nitrogens with one attached hydrogen (secondary N) is 3. The summed E-state index contributed by atoms with van der Waals surface area (Å²) in [6, 6.07) is 19.8. The van der Waals surface area contributed by atoms with Crippen LogP contribution in [0.25, 0.3) is 0 Å². The van der Waals surface area contributed by atoms with Crippen molar-refractivity contribution in [2.24, 2.45) is 44.6 Å². The molecule has 6 atom stereocenters. The molecular formula is C71H92MgN6O5+2. The molecule has 0 aromatic heterocycles. The number of methoxy groups -OCH3 is 1. The summed E-state index contributed by atoms with van der Waals surface area (Å²) in [6.45, 7) is 28.3. The second-order valence-electron chi connectivity index (χ2n) is 23.8. The number of hydrogen-bond donors (Lipinski definition) is 3. The van der Waals surface area contributed by atoms with Gasteiger partial charge in [-0.3, -0.25) is 14.4 Å². The van der Waals surface area contributed by atoms with Gasteiger partial charge in [0.2, 0.25) is 0 Å². The molecule has 1 fully saturated rings. The van der Waals surface area contributed by atoms with E-state index in [0.717, 1.165) is 80.9 Å². The third-order valence-corrected chi connectivity index (χ3v) is 17.1.